The molecule has 0 aliphatic rings. The summed E-state index contributed by atoms with van der Waals surface area (Å²) < 4.78 is 0. The summed E-state index contributed by atoms with van der Waals surface area (Å²) in [5.41, 5.74) is 0.460. The lowest BCUT2D eigenvalue weighted by Crippen LogP contribution is -2.03. The molecule has 0 atom stereocenters. The molecule has 0 N–H and O–H groups in total. The van der Waals surface area contributed by atoms with Gasteiger partial charge in [0.05, 0.1) is 0 Å². The van der Waals surface area contributed by atoms with Crippen molar-refractivity contribution in [2.24, 2.45) is 5.41 Å². The molecule has 0 amide bonds. The Morgan fingerprint density at radius 1 is 1.09 bits per heavy atom. The van der Waals surface area contributed by atoms with Gasteiger partial charge in [-0.25, -0.2) is 0 Å². The van der Waals surface area contributed by atoms with Gasteiger partial charge in [0.15, 0.2) is 0 Å². The van der Waals surface area contributed by atoms with Crippen LogP contribution < -0.4 is 0 Å². The average molecular weight is 156 g/mol. The molecule has 0 bridgehead atoms. The predicted octanol–water partition coefficient (Wildman–Crippen LogP) is 3.18. The van der Waals surface area contributed by atoms with E-state index in [9.17, 15) is 4.79 Å². The summed E-state index contributed by atoms with van der Waals surface area (Å²) in [5, 5.41) is 0. The normalized spacial score (nSPS) is 11.5. The highest BCUT2D eigenvalue weighted by Gasteiger charge is 2.08. The molecular formula is C10H20O. The van der Waals surface area contributed by atoms with Gasteiger partial charge in [-0.15, -0.1) is 0 Å². The second kappa shape index (κ2) is 5.34. The minimum absolute atomic E-state index is 0.460. The summed E-state index contributed by atoms with van der Waals surface area (Å²) >= 11 is 0. The fourth-order valence-corrected chi connectivity index (χ4v) is 1.06. The lowest BCUT2D eigenvalue weighted by atomic mass is 9.89. The van der Waals surface area contributed by atoms with E-state index in [0.717, 1.165) is 19.1 Å². The van der Waals surface area contributed by atoms with Crippen LogP contribution >= 0.6 is 0 Å². The van der Waals surface area contributed by atoms with Crippen LogP contribution in [0.5, 0.6) is 0 Å². The second-order valence-electron chi connectivity index (χ2n) is 4.33. The van der Waals surface area contributed by atoms with Gasteiger partial charge in [0.1, 0.15) is 6.29 Å². The zero-order chi connectivity index (χ0) is 8.74. The first-order valence-corrected chi connectivity index (χ1v) is 4.50. The molecule has 1 nitrogen and oxygen atoms in total. The molecule has 0 aliphatic heterocycles. The van der Waals surface area contributed by atoms with Crippen molar-refractivity contribution in [1.82, 2.24) is 0 Å². The van der Waals surface area contributed by atoms with Crippen LogP contribution in [0.2, 0.25) is 0 Å². The van der Waals surface area contributed by atoms with Gasteiger partial charge in [0.2, 0.25) is 0 Å². The molecule has 0 saturated carbocycles. The van der Waals surface area contributed by atoms with Crippen molar-refractivity contribution in [3.05, 3.63) is 0 Å². The Labute approximate surface area is 70.2 Å². The zero-order valence-electron chi connectivity index (χ0n) is 8.02. The predicted molar refractivity (Wildman–Crippen MR) is 48.6 cm³/mol. The number of hydrogen-bond donors (Lipinski definition) is 0. The molecule has 1 heteroatoms. The molecule has 66 valence electrons. The van der Waals surface area contributed by atoms with Crippen molar-refractivity contribution >= 4 is 6.29 Å². The van der Waals surface area contributed by atoms with Gasteiger partial charge in [0, 0.05) is 6.42 Å². The van der Waals surface area contributed by atoms with Crippen molar-refractivity contribution in [3.8, 4) is 0 Å². The number of carbonyl (C=O) groups excluding carboxylic acids is 1. The maximum absolute atomic E-state index is 9.96. The summed E-state index contributed by atoms with van der Waals surface area (Å²) in [4.78, 5) is 9.96. The number of hydrogen-bond acceptors (Lipinski definition) is 1. The van der Waals surface area contributed by atoms with Crippen LogP contribution in [0, 0.1) is 5.41 Å². The maximum atomic E-state index is 9.96. The Balaban J connectivity index is 3.08. The Morgan fingerprint density at radius 2 is 1.73 bits per heavy atom. The van der Waals surface area contributed by atoms with E-state index in [1.165, 1.54) is 19.3 Å². The fraction of sp³-hybridized carbons (Fsp3) is 0.900. The molecule has 0 aromatic carbocycles. The van der Waals surface area contributed by atoms with Crippen LogP contribution in [0.3, 0.4) is 0 Å². The average Bonchev–Trinajstić information content (AvgIpc) is 1.85. The van der Waals surface area contributed by atoms with Crippen LogP contribution in [0.1, 0.15) is 52.9 Å². The minimum atomic E-state index is 0.460. The number of unbranched alkanes of at least 4 members (excludes halogenated alkanes) is 3. The van der Waals surface area contributed by atoms with Gasteiger partial charge in [-0.05, 0) is 18.3 Å². The van der Waals surface area contributed by atoms with Crippen molar-refractivity contribution in [2.45, 2.75) is 52.9 Å². The summed E-state index contributed by atoms with van der Waals surface area (Å²) in [5.74, 6) is 0. The number of rotatable bonds is 5. The highest BCUT2D eigenvalue weighted by Crippen LogP contribution is 2.21. The third kappa shape index (κ3) is 9.67. The van der Waals surface area contributed by atoms with Crippen molar-refractivity contribution in [2.75, 3.05) is 0 Å². The van der Waals surface area contributed by atoms with Gasteiger partial charge in [-0.2, -0.15) is 0 Å². The highest BCUT2D eigenvalue weighted by molar-refractivity contribution is 5.48. The molecule has 0 aromatic heterocycles. The third-order valence-electron chi connectivity index (χ3n) is 1.75. The Bertz CT molecular complexity index is 99.9. The van der Waals surface area contributed by atoms with Crippen LogP contribution in [-0.2, 0) is 4.79 Å². The van der Waals surface area contributed by atoms with Crippen LogP contribution in [0.15, 0.2) is 0 Å². The van der Waals surface area contributed by atoms with Crippen molar-refractivity contribution in [3.63, 3.8) is 0 Å². The third-order valence-corrected chi connectivity index (χ3v) is 1.75. The first-order chi connectivity index (χ1) is 5.06. The molecule has 0 aromatic rings. The molecule has 0 aliphatic carbocycles. The second-order valence-corrected chi connectivity index (χ2v) is 4.33. The van der Waals surface area contributed by atoms with Crippen molar-refractivity contribution in [1.29, 1.82) is 0 Å². The Hall–Kier alpha value is -0.330. The molecule has 0 rings (SSSR count). The summed E-state index contributed by atoms with van der Waals surface area (Å²) in [7, 11) is 0. The van der Waals surface area contributed by atoms with Crippen molar-refractivity contribution < 1.29 is 4.79 Å². The standard InChI is InChI=1S/C10H20O/c1-10(2,3)8-6-4-5-7-9-11/h9H,4-8H2,1-3H3. The monoisotopic (exact) mass is 156 g/mol. The largest absolute Gasteiger partial charge is 0.303 e. The van der Waals surface area contributed by atoms with E-state index in [0.29, 0.717) is 5.41 Å². The first-order valence-electron chi connectivity index (χ1n) is 4.50. The Morgan fingerprint density at radius 3 is 2.18 bits per heavy atom. The zero-order valence-corrected chi connectivity index (χ0v) is 8.02. The smallest absolute Gasteiger partial charge is 0.119 e. The highest BCUT2D eigenvalue weighted by atomic mass is 16.1. The molecule has 0 saturated heterocycles. The number of carbonyl (C=O) groups is 1. The SMILES string of the molecule is CC(C)(C)CCCCCC=O. The fourth-order valence-electron chi connectivity index (χ4n) is 1.06. The molecule has 11 heavy (non-hydrogen) atoms. The Kier molecular flexibility index (Phi) is 5.18. The van der Waals surface area contributed by atoms with E-state index in [2.05, 4.69) is 20.8 Å². The van der Waals surface area contributed by atoms with E-state index in [1.807, 2.05) is 0 Å². The molecule has 0 spiro atoms. The van der Waals surface area contributed by atoms with Gasteiger partial charge in [0.25, 0.3) is 0 Å². The minimum Gasteiger partial charge on any atom is -0.303 e. The summed E-state index contributed by atoms with van der Waals surface area (Å²) in [6.07, 6.45) is 6.56. The van der Waals surface area contributed by atoms with E-state index in [4.69, 9.17) is 0 Å². The molecular weight excluding hydrogens is 136 g/mol. The molecule has 0 fully saturated rings. The van der Waals surface area contributed by atoms with Crippen LogP contribution in [0.25, 0.3) is 0 Å². The van der Waals surface area contributed by atoms with E-state index >= 15 is 0 Å². The van der Waals surface area contributed by atoms with Gasteiger partial charge in [-0.1, -0.05) is 33.6 Å². The molecule has 0 unspecified atom stereocenters. The number of aldehydes is 1. The van der Waals surface area contributed by atoms with Gasteiger partial charge in [-0.3, -0.25) is 0 Å². The van der Waals surface area contributed by atoms with Crippen LogP contribution in [-0.4, -0.2) is 6.29 Å². The van der Waals surface area contributed by atoms with Gasteiger partial charge < -0.3 is 4.79 Å². The molecule has 0 radical (unpaired) electrons. The quantitative estimate of drug-likeness (QED) is 0.441. The summed E-state index contributed by atoms with van der Waals surface area (Å²) in [6, 6.07) is 0. The lowest BCUT2D eigenvalue weighted by Gasteiger charge is -2.17. The van der Waals surface area contributed by atoms with E-state index in [1.54, 1.807) is 0 Å². The van der Waals surface area contributed by atoms with E-state index < -0.39 is 0 Å². The first kappa shape index (κ1) is 10.7. The summed E-state index contributed by atoms with van der Waals surface area (Å²) in [6.45, 7) is 6.77. The van der Waals surface area contributed by atoms with Gasteiger partial charge >= 0.3 is 0 Å². The maximum Gasteiger partial charge on any atom is 0.119 e. The topological polar surface area (TPSA) is 17.1 Å². The van der Waals surface area contributed by atoms with Crippen LogP contribution in [0.4, 0.5) is 0 Å². The van der Waals surface area contributed by atoms with E-state index in [-0.39, 0.29) is 0 Å². The molecule has 0 heterocycles. The lowest BCUT2D eigenvalue weighted by molar-refractivity contribution is -0.107.